The van der Waals surface area contributed by atoms with Crippen molar-refractivity contribution >= 4 is 22.6 Å². The summed E-state index contributed by atoms with van der Waals surface area (Å²) in [6.07, 6.45) is 0. The number of aromatic amines is 2. The Balaban J connectivity index is 1.84. The number of amides is 1. The SMILES string of the molecule is CC(C(=O)Nc1ccc2[nH]c(=O)c(=O)[nH]c2c1)C1CNC1. The van der Waals surface area contributed by atoms with Crippen LogP contribution in [0.1, 0.15) is 6.92 Å². The van der Waals surface area contributed by atoms with E-state index in [2.05, 4.69) is 20.6 Å². The minimum absolute atomic E-state index is 0.0485. The zero-order valence-electron chi connectivity index (χ0n) is 11.5. The number of carbonyl (C=O) groups is 1. The van der Waals surface area contributed by atoms with E-state index in [-0.39, 0.29) is 11.8 Å². The van der Waals surface area contributed by atoms with Gasteiger partial charge < -0.3 is 20.6 Å². The zero-order valence-corrected chi connectivity index (χ0v) is 11.5. The number of carbonyl (C=O) groups excluding carboxylic acids is 1. The Morgan fingerprint density at radius 2 is 1.86 bits per heavy atom. The molecule has 1 aromatic carbocycles. The lowest BCUT2D eigenvalue weighted by atomic mass is 9.88. The standard InChI is InChI=1S/C14H16N4O3/c1-7(8-5-15-6-8)12(19)16-9-2-3-10-11(4-9)18-14(21)13(20)17-10/h2-4,7-8,15H,5-6H2,1H3,(H,16,19)(H,17,20)(H,18,21). The first kappa shape index (κ1) is 13.6. The number of hydrogen-bond acceptors (Lipinski definition) is 4. The molecule has 1 aliphatic rings. The highest BCUT2D eigenvalue weighted by Gasteiger charge is 2.28. The van der Waals surface area contributed by atoms with Gasteiger partial charge in [0, 0.05) is 11.6 Å². The average molecular weight is 288 g/mol. The maximum atomic E-state index is 12.1. The van der Waals surface area contributed by atoms with Crippen molar-refractivity contribution in [3.63, 3.8) is 0 Å². The third-order valence-electron chi connectivity index (χ3n) is 3.92. The predicted molar refractivity (Wildman–Crippen MR) is 79.3 cm³/mol. The van der Waals surface area contributed by atoms with E-state index in [0.717, 1.165) is 13.1 Å². The first-order valence-electron chi connectivity index (χ1n) is 6.82. The summed E-state index contributed by atoms with van der Waals surface area (Å²) in [5.74, 6) is 0.241. The van der Waals surface area contributed by atoms with Crippen LogP contribution < -0.4 is 21.8 Å². The molecule has 2 heterocycles. The van der Waals surface area contributed by atoms with Crippen molar-refractivity contribution < 1.29 is 4.79 Å². The lowest BCUT2D eigenvalue weighted by Crippen LogP contribution is -2.48. The second-order valence-corrected chi connectivity index (χ2v) is 5.36. The highest BCUT2D eigenvalue weighted by atomic mass is 16.2. The minimum atomic E-state index is -0.708. The molecule has 0 bridgehead atoms. The molecule has 1 unspecified atom stereocenters. The summed E-state index contributed by atoms with van der Waals surface area (Å²) in [7, 11) is 0. The van der Waals surface area contributed by atoms with Crippen molar-refractivity contribution in [3.05, 3.63) is 38.9 Å². The lowest BCUT2D eigenvalue weighted by molar-refractivity contribution is -0.121. The molecule has 2 aromatic rings. The van der Waals surface area contributed by atoms with Gasteiger partial charge in [-0.05, 0) is 37.2 Å². The van der Waals surface area contributed by atoms with Gasteiger partial charge >= 0.3 is 11.1 Å². The van der Waals surface area contributed by atoms with Crippen molar-refractivity contribution in [2.75, 3.05) is 18.4 Å². The quantitative estimate of drug-likeness (QED) is 0.597. The number of hydrogen-bond donors (Lipinski definition) is 4. The van der Waals surface area contributed by atoms with Gasteiger partial charge in [-0.2, -0.15) is 0 Å². The summed E-state index contributed by atoms with van der Waals surface area (Å²) in [6.45, 7) is 3.63. The summed E-state index contributed by atoms with van der Waals surface area (Å²) < 4.78 is 0. The maximum Gasteiger partial charge on any atom is 0.314 e. The van der Waals surface area contributed by atoms with Gasteiger partial charge in [0.1, 0.15) is 0 Å². The highest BCUT2D eigenvalue weighted by Crippen LogP contribution is 2.19. The van der Waals surface area contributed by atoms with Gasteiger partial charge in [0.15, 0.2) is 0 Å². The number of anilines is 1. The van der Waals surface area contributed by atoms with Crippen LogP contribution in [0, 0.1) is 11.8 Å². The molecule has 1 aromatic heterocycles. The third kappa shape index (κ3) is 2.59. The second-order valence-electron chi connectivity index (χ2n) is 5.36. The number of H-pyrrole nitrogens is 2. The Morgan fingerprint density at radius 3 is 2.48 bits per heavy atom. The molecule has 4 N–H and O–H groups in total. The van der Waals surface area contributed by atoms with E-state index in [9.17, 15) is 14.4 Å². The molecule has 0 spiro atoms. The number of benzene rings is 1. The van der Waals surface area contributed by atoms with Gasteiger partial charge in [-0.1, -0.05) is 6.92 Å². The Kier molecular flexibility index (Phi) is 3.34. The fraction of sp³-hybridized carbons (Fsp3) is 0.357. The summed E-state index contributed by atoms with van der Waals surface area (Å²) >= 11 is 0. The van der Waals surface area contributed by atoms with Gasteiger partial charge in [0.2, 0.25) is 5.91 Å². The Labute approximate surface area is 119 Å². The van der Waals surface area contributed by atoms with Crippen molar-refractivity contribution in [2.45, 2.75) is 6.92 Å². The lowest BCUT2D eigenvalue weighted by Gasteiger charge is -2.31. The van der Waals surface area contributed by atoms with E-state index in [1.54, 1.807) is 18.2 Å². The van der Waals surface area contributed by atoms with E-state index in [1.807, 2.05) is 6.92 Å². The number of nitrogens with one attached hydrogen (secondary N) is 4. The molecule has 0 radical (unpaired) electrons. The monoisotopic (exact) mass is 288 g/mol. The van der Waals surface area contributed by atoms with Crippen LogP contribution in [0.3, 0.4) is 0 Å². The van der Waals surface area contributed by atoms with Gasteiger partial charge in [-0.3, -0.25) is 14.4 Å². The van der Waals surface area contributed by atoms with E-state index in [4.69, 9.17) is 0 Å². The number of fused-ring (bicyclic) bond motifs is 1. The topological polar surface area (TPSA) is 107 Å². The summed E-state index contributed by atoms with van der Waals surface area (Å²) in [6, 6.07) is 4.98. The molecule has 1 aliphatic heterocycles. The maximum absolute atomic E-state index is 12.1. The molecule has 21 heavy (non-hydrogen) atoms. The van der Waals surface area contributed by atoms with E-state index >= 15 is 0 Å². The smallest absolute Gasteiger partial charge is 0.314 e. The van der Waals surface area contributed by atoms with E-state index < -0.39 is 11.1 Å². The van der Waals surface area contributed by atoms with Crippen LogP contribution in [0.4, 0.5) is 5.69 Å². The molecule has 0 aliphatic carbocycles. The first-order valence-corrected chi connectivity index (χ1v) is 6.82. The van der Waals surface area contributed by atoms with Crippen LogP contribution in [0.2, 0.25) is 0 Å². The number of aromatic nitrogens is 2. The zero-order chi connectivity index (χ0) is 15.0. The highest BCUT2D eigenvalue weighted by molar-refractivity contribution is 5.94. The van der Waals surface area contributed by atoms with Crippen LogP contribution in [0.15, 0.2) is 27.8 Å². The molecule has 7 nitrogen and oxygen atoms in total. The largest absolute Gasteiger partial charge is 0.326 e. The Hall–Kier alpha value is -2.41. The van der Waals surface area contributed by atoms with Gasteiger partial charge in [0.05, 0.1) is 11.0 Å². The number of rotatable bonds is 3. The van der Waals surface area contributed by atoms with Crippen LogP contribution in [0.25, 0.3) is 11.0 Å². The molecular weight excluding hydrogens is 272 g/mol. The molecule has 1 atom stereocenters. The minimum Gasteiger partial charge on any atom is -0.326 e. The van der Waals surface area contributed by atoms with Crippen LogP contribution in [0.5, 0.6) is 0 Å². The van der Waals surface area contributed by atoms with E-state index in [0.29, 0.717) is 22.6 Å². The van der Waals surface area contributed by atoms with Crippen LogP contribution >= 0.6 is 0 Å². The molecule has 1 saturated heterocycles. The summed E-state index contributed by atoms with van der Waals surface area (Å²) in [5.41, 5.74) is 0.198. The van der Waals surface area contributed by atoms with Gasteiger partial charge in [-0.15, -0.1) is 0 Å². The third-order valence-corrected chi connectivity index (χ3v) is 3.92. The summed E-state index contributed by atoms with van der Waals surface area (Å²) in [5, 5.41) is 5.98. The normalized spacial score (nSPS) is 16.4. The molecule has 1 fully saturated rings. The predicted octanol–water partition coefficient (Wildman–Crippen LogP) is 0.0104. The molecule has 0 saturated carbocycles. The van der Waals surface area contributed by atoms with Crippen molar-refractivity contribution in [1.82, 2.24) is 15.3 Å². The van der Waals surface area contributed by atoms with Gasteiger partial charge in [0.25, 0.3) is 0 Å². The van der Waals surface area contributed by atoms with Crippen molar-refractivity contribution in [2.24, 2.45) is 11.8 Å². The second kappa shape index (κ2) is 5.17. The van der Waals surface area contributed by atoms with Crippen LogP contribution in [-0.4, -0.2) is 29.0 Å². The first-order chi connectivity index (χ1) is 10.0. The molecular formula is C14H16N4O3. The molecule has 110 valence electrons. The van der Waals surface area contributed by atoms with E-state index in [1.165, 1.54) is 0 Å². The fourth-order valence-electron chi connectivity index (χ4n) is 2.33. The molecule has 1 amide bonds. The van der Waals surface area contributed by atoms with Crippen molar-refractivity contribution in [3.8, 4) is 0 Å². The average Bonchev–Trinajstić information content (AvgIpc) is 2.38. The molecule has 7 heteroatoms. The molecule has 3 rings (SSSR count). The van der Waals surface area contributed by atoms with Crippen LogP contribution in [-0.2, 0) is 4.79 Å². The van der Waals surface area contributed by atoms with Gasteiger partial charge in [-0.25, -0.2) is 0 Å². The Morgan fingerprint density at radius 1 is 1.19 bits per heavy atom. The van der Waals surface area contributed by atoms with Crippen molar-refractivity contribution in [1.29, 1.82) is 0 Å². The summed E-state index contributed by atoms with van der Waals surface area (Å²) in [4.78, 5) is 39.6. The fourth-order valence-corrected chi connectivity index (χ4v) is 2.33. The Bertz CT molecular complexity index is 804.